The lowest BCUT2D eigenvalue weighted by molar-refractivity contribution is 0.0662. The molecule has 0 N–H and O–H groups in total. The molecule has 0 fully saturated rings. The van der Waals surface area contributed by atoms with Crippen LogP contribution in [0.2, 0.25) is 0 Å². The van der Waals surface area contributed by atoms with Crippen LogP contribution >= 0.6 is 0 Å². The van der Waals surface area contributed by atoms with Crippen molar-refractivity contribution >= 4 is 5.97 Å². The number of benzene rings is 1. The van der Waals surface area contributed by atoms with E-state index in [1.165, 1.54) is 31.9 Å². The van der Waals surface area contributed by atoms with Gasteiger partial charge in [0.15, 0.2) is 0 Å². The zero-order chi connectivity index (χ0) is 13.9. The zero-order valence-corrected chi connectivity index (χ0v) is 12.0. The van der Waals surface area contributed by atoms with Crippen LogP contribution in [-0.4, -0.2) is 5.97 Å². The third-order valence-corrected chi connectivity index (χ3v) is 3.29. The second-order valence-electron chi connectivity index (χ2n) is 4.80. The SMILES string of the molecule is CCCCC(CC)CC=COC(=O)c1ccccc1. The maximum Gasteiger partial charge on any atom is 0.342 e. The van der Waals surface area contributed by atoms with Crippen LogP contribution in [0.25, 0.3) is 0 Å². The molecule has 0 heterocycles. The second-order valence-corrected chi connectivity index (χ2v) is 4.80. The lowest BCUT2D eigenvalue weighted by atomic mass is 9.96. The first-order valence-corrected chi connectivity index (χ1v) is 7.19. The molecule has 1 aromatic rings. The van der Waals surface area contributed by atoms with E-state index < -0.39 is 0 Å². The van der Waals surface area contributed by atoms with Crippen molar-refractivity contribution in [2.75, 3.05) is 0 Å². The maximum atomic E-state index is 11.7. The first kappa shape index (κ1) is 15.5. The standard InChI is InChI=1S/C17H24O2/c1-3-5-10-15(4-2)11-9-14-19-17(18)16-12-7-6-8-13-16/h6-9,12-15H,3-5,10-11H2,1-2H3. The average Bonchev–Trinajstić information content (AvgIpc) is 2.47. The Morgan fingerprint density at radius 2 is 2.00 bits per heavy atom. The fourth-order valence-electron chi connectivity index (χ4n) is 1.98. The van der Waals surface area contributed by atoms with Gasteiger partial charge in [-0.3, -0.25) is 0 Å². The van der Waals surface area contributed by atoms with E-state index in [1.807, 2.05) is 24.3 Å². The van der Waals surface area contributed by atoms with Gasteiger partial charge in [0.25, 0.3) is 0 Å². The molecule has 0 saturated carbocycles. The zero-order valence-electron chi connectivity index (χ0n) is 12.0. The monoisotopic (exact) mass is 260 g/mol. The van der Waals surface area contributed by atoms with Crippen LogP contribution in [0.1, 0.15) is 56.3 Å². The van der Waals surface area contributed by atoms with Crippen LogP contribution in [0.3, 0.4) is 0 Å². The van der Waals surface area contributed by atoms with Crippen molar-refractivity contribution in [1.29, 1.82) is 0 Å². The summed E-state index contributed by atoms with van der Waals surface area (Å²) in [7, 11) is 0. The number of hydrogen-bond acceptors (Lipinski definition) is 2. The molecular formula is C17H24O2. The van der Waals surface area contributed by atoms with Crippen molar-refractivity contribution in [2.45, 2.75) is 46.0 Å². The van der Waals surface area contributed by atoms with E-state index in [2.05, 4.69) is 13.8 Å². The van der Waals surface area contributed by atoms with Crippen LogP contribution in [0, 0.1) is 5.92 Å². The van der Waals surface area contributed by atoms with Gasteiger partial charge in [0, 0.05) is 0 Å². The van der Waals surface area contributed by atoms with Gasteiger partial charge >= 0.3 is 5.97 Å². The number of hydrogen-bond donors (Lipinski definition) is 0. The maximum absolute atomic E-state index is 11.7. The minimum absolute atomic E-state index is 0.293. The van der Waals surface area contributed by atoms with Gasteiger partial charge in [0.05, 0.1) is 11.8 Å². The summed E-state index contributed by atoms with van der Waals surface area (Å²) in [5, 5.41) is 0. The molecule has 0 aliphatic carbocycles. The average molecular weight is 260 g/mol. The second kappa shape index (κ2) is 9.37. The first-order valence-electron chi connectivity index (χ1n) is 7.19. The summed E-state index contributed by atoms with van der Waals surface area (Å²) >= 11 is 0. The number of rotatable bonds is 8. The fraction of sp³-hybridized carbons (Fsp3) is 0.471. The minimum Gasteiger partial charge on any atom is -0.431 e. The minimum atomic E-state index is -0.293. The molecule has 0 saturated heterocycles. The van der Waals surface area contributed by atoms with Gasteiger partial charge in [0.1, 0.15) is 0 Å². The van der Waals surface area contributed by atoms with Gasteiger partial charge in [-0.05, 0) is 30.5 Å². The molecule has 0 amide bonds. The Morgan fingerprint density at radius 1 is 1.26 bits per heavy atom. The largest absolute Gasteiger partial charge is 0.431 e. The summed E-state index contributed by atoms with van der Waals surface area (Å²) in [6, 6.07) is 9.06. The van der Waals surface area contributed by atoms with Crippen molar-refractivity contribution in [3.8, 4) is 0 Å². The highest BCUT2D eigenvalue weighted by Gasteiger charge is 2.05. The number of carbonyl (C=O) groups is 1. The molecule has 0 bridgehead atoms. The molecule has 0 spiro atoms. The molecule has 19 heavy (non-hydrogen) atoms. The predicted molar refractivity (Wildman–Crippen MR) is 78.9 cm³/mol. The Kier molecular flexibility index (Phi) is 7.64. The molecule has 0 aromatic heterocycles. The quantitative estimate of drug-likeness (QED) is 0.487. The molecule has 2 nitrogen and oxygen atoms in total. The van der Waals surface area contributed by atoms with Crippen LogP contribution in [0.5, 0.6) is 0 Å². The Bertz CT molecular complexity index is 382. The molecular weight excluding hydrogens is 236 g/mol. The van der Waals surface area contributed by atoms with Crippen molar-refractivity contribution < 1.29 is 9.53 Å². The van der Waals surface area contributed by atoms with E-state index in [4.69, 9.17) is 4.74 Å². The molecule has 0 aliphatic rings. The van der Waals surface area contributed by atoms with Gasteiger partial charge in [0.2, 0.25) is 0 Å². The van der Waals surface area contributed by atoms with Gasteiger partial charge in [-0.2, -0.15) is 0 Å². The smallest absolute Gasteiger partial charge is 0.342 e. The van der Waals surface area contributed by atoms with E-state index in [9.17, 15) is 4.79 Å². The van der Waals surface area contributed by atoms with Crippen molar-refractivity contribution in [2.24, 2.45) is 5.92 Å². The highest BCUT2D eigenvalue weighted by molar-refractivity contribution is 5.89. The van der Waals surface area contributed by atoms with Gasteiger partial charge in [-0.15, -0.1) is 0 Å². The fourth-order valence-corrected chi connectivity index (χ4v) is 1.98. The lowest BCUT2D eigenvalue weighted by Crippen LogP contribution is -2.00. The van der Waals surface area contributed by atoms with E-state index in [0.717, 1.165) is 6.42 Å². The lowest BCUT2D eigenvalue weighted by Gasteiger charge is -2.10. The Hall–Kier alpha value is -1.57. The topological polar surface area (TPSA) is 26.3 Å². The van der Waals surface area contributed by atoms with Crippen molar-refractivity contribution in [1.82, 2.24) is 0 Å². The normalized spacial score (nSPS) is 12.5. The van der Waals surface area contributed by atoms with Gasteiger partial charge in [-0.25, -0.2) is 4.79 Å². The van der Waals surface area contributed by atoms with E-state index in [0.29, 0.717) is 11.5 Å². The Labute approximate surface area is 116 Å². The summed E-state index contributed by atoms with van der Waals surface area (Å²) in [5.41, 5.74) is 0.588. The molecule has 1 rings (SSSR count). The highest BCUT2D eigenvalue weighted by atomic mass is 16.5. The third-order valence-electron chi connectivity index (χ3n) is 3.29. The van der Waals surface area contributed by atoms with Crippen molar-refractivity contribution in [3.05, 3.63) is 48.2 Å². The van der Waals surface area contributed by atoms with Crippen molar-refractivity contribution in [3.63, 3.8) is 0 Å². The molecule has 1 aromatic carbocycles. The summed E-state index contributed by atoms with van der Waals surface area (Å²) in [4.78, 5) is 11.7. The predicted octanol–water partition coefficient (Wildman–Crippen LogP) is 4.96. The Morgan fingerprint density at radius 3 is 2.63 bits per heavy atom. The molecule has 0 aliphatic heterocycles. The molecule has 2 heteroatoms. The van der Waals surface area contributed by atoms with Crippen LogP contribution < -0.4 is 0 Å². The van der Waals surface area contributed by atoms with Crippen LogP contribution in [0.15, 0.2) is 42.7 Å². The van der Waals surface area contributed by atoms with E-state index >= 15 is 0 Å². The number of allylic oxidation sites excluding steroid dienone is 1. The summed E-state index contributed by atoms with van der Waals surface area (Å²) in [5.74, 6) is 0.407. The third kappa shape index (κ3) is 6.23. The molecule has 1 unspecified atom stereocenters. The molecule has 1 atom stereocenters. The van der Waals surface area contributed by atoms with E-state index in [1.54, 1.807) is 12.1 Å². The van der Waals surface area contributed by atoms with Gasteiger partial charge in [-0.1, -0.05) is 57.7 Å². The van der Waals surface area contributed by atoms with Crippen LogP contribution in [-0.2, 0) is 4.74 Å². The highest BCUT2D eigenvalue weighted by Crippen LogP contribution is 2.17. The summed E-state index contributed by atoms with van der Waals surface area (Å²) in [6.07, 6.45) is 9.42. The number of esters is 1. The summed E-state index contributed by atoms with van der Waals surface area (Å²) < 4.78 is 5.11. The summed E-state index contributed by atoms with van der Waals surface area (Å²) in [6.45, 7) is 4.42. The number of carbonyl (C=O) groups excluding carboxylic acids is 1. The molecule has 104 valence electrons. The number of unbranched alkanes of at least 4 members (excludes halogenated alkanes) is 1. The van der Waals surface area contributed by atoms with E-state index in [-0.39, 0.29) is 5.97 Å². The Balaban J connectivity index is 2.31. The van der Waals surface area contributed by atoms with Gasteiger partial charge < -0.3 is 4.74 Å². The number of ether oxygens (including phenoxy) is 1. The first-order chi connectivity index (χ1) is 9.27. The molecule has 0 radical (unpaired) electrons. The van der Waals surface area contributed by atoms with Crippen LogP contribution in [0.4, 0.5) is 0 Å².